The van der Waals surface area contributed by atoms with Gasteiger partial charge in [-0.25, -0.2) is 14.4 Å². The third kappa shape index (κ3) is 9.34. The maximum Gasteiger partial charge on any atom is 0.410 e. The minimum absolute atomic E-state index is 0.0190. The van der Waals surface area contributed by atoms with Crippen LogP contribution in [0.3, 0.4) is 0 Å². The molecule has 0 radical (unpaired) electrons. The van der Waals surface area contributed by atoms with Gasteiger partial charge >= 0.3 is 18.1 Å². The summed E-state index contributed by atoms with van der Waals surface area (Å²) in [5.41, 5.74) is -1.67. The van der Waals surface area contributed by atoms with Gasteiger partial charge in [0.1, 0.15) is 17.7 Å². The Morgan fingerprint density at radius 1 is 0.947 bits per heavy atom. The van der Waals surface area contributed by atoms with Crippen LogP contribution in [-0.2, 0) is 19.1 Å². The Labute approximate surface area is 229 Å². The highest BCUT2D eigenvalue weighted by atomic mass is 16.6. The number of esters is 1. The fraction of sp³-hybridized carbons (Fsp3) is 0.857. The van der Waals surface area contributed by atoms with Crippen LogP contribution >= 0.6 is 0 Å². The van der Waals surface area contributed by atoms with Crippen LogP contribution in [0.2, 0.25) is 0 Å². The number of carbonyl (C=O) groups is 4. The van der Waals surface area contributed by atoms with Gasteiger partial charge in [-0.1, -0.05) is 55.4 Å². The van der Waals surface area contributed by atoms with Crippen molar-refractivity contribution in [3.05, 3.63) is 0 Å². The third-order valence-electron chi connectivity index (χ3n) is 6.93. The molecule has 0 saturated carbocycles. The van der Waals surface area contributed by atoms with E-state index in [9.17, 15) is 19.2 Å². The highest BCUT2D eigenvalue weighted by Crippen LogP contribution is 2.33. The summed E-state index contributed by atoms with van der Waals surface area (Å²) >= 11 is 0. The first-order valence-electron chi connectivity index (χ1n) is 13.5. The molecule has 0 aromatic heterocycles. The van der Waals surface area contributed by atoms with Crippen LogP contribution in [0.15, 0.2) is 0 Å². The smallest absolute Gasteiger partial charge is 0.410 e. The van der Waals surface area contributed by atoms with Crippen molar-refractivity contribution in [3.63, 3.8) is 0 Å². The van der Waals surface area contributed by atoms with E-state index in [-0.39, 0.29) is 24.3 Å². The quantitative estimate of drug-likeness (QED) is 0.471. The van der Waals surface area contributed by atoms with E-state index in [0.717, 1.165) is 0 Å². The van der Waals surface area contributed by atoms with Gasteiger partial charge in [0.05, 0.1) is 13.2 Å². The number of likely N-dealkylation sites (N-methyl/N-ethyl adjacent to an activating group) is 1. The summed E-state index contributed by atoms with van der Waals surface area (Å²) in [6.07, 6.45) is 0.203. The Morgan fingerprint density at radius 2 is 1.50 bits per heavy atom. The molecule has 1 aliphatic rings. The van der Waals surface area contributed by atoms with Crippen LogP contribution in [0, 0.1) is 22.7 Å². The van der Waals surface area contributed by atoms with Crippen LogP contribution < -0.4 is 10.6 Å². The second kappa shape index (κ2) is 12.6. The zero-order valence-corrected chi connectivity index (χ0v) is 25.9. The highest BCUT2D eigenvalue weighted by Gasteiger charge is 2.47. The van der Waals surface area contributed by atoms with Crippen molar-refractivity contribution >= 4 is 24.0 Å². The van der Waals surface area contributed by atoms with Crippen molar-refractivity contribution in [1.82, 2.24) is 20.4 Å². The SMILES string of the molecule is COC(=O)[C@@H]1C(C(C)C)CCN1C(=O)[C@@H](NC(=O)N[C@H](CN(C)C(=O)OC(C)(C)C)C(C)(C)C)C(C)(C)C. The number of likely N-dealkylation sites (tertiary alicyclic amines) is 1. The third-order valence-corrected chi connectivity index (χ3v) is 6.93. The van der Waals surface area contributed by atoms with E-state index < -0.39 is 52.7 Å². The first kappa shape index (κ1) is 33.5. The molecule has 4 amide bonds. The molecule has 0 aromatic carbocycles. The van der Waals surface area contributed by atoms with Gasteiger partial charge in [-0.15, -0.1) is 0 Å². The molecule has 1 aliphatic heterocycles. The van der Waals surface area contributed by atoms with Crippen molar-refractivity contribution < 1.29 is 28.7 Å². The van der Waals surface area contributed by atoms with E-state index in [4.69, 9.17) is 9.47 Å². The zero-order valence-electron chi connectivity index (χ0n) is 25.9. The predicted octanol–water partition coefficient (Wildman–Crippen LogP) is 4.03. The molecule has 4 atom stereocenters. The molecule has 10 nitrogen and oxygen atoms in total. The topological polar surface area (TPSA) is 117 Å². The van der Waals surface area contributed by atoms with Crippen molar-refractivity contribution in [1.29, 1.82) is 0 Å². The first-order valence-corrected chi connectivity index (χ1v) is 13.5. The van der Waals surface area contributed by atoms with E-state index in [1.165, 1.54) is 12.0 Å². The van der Waals surface area contributed by atoms with E-state index in [1.54, 1.807) is 32.7 Å². The molecule has 1 saturated heterocycles. The monoisotopic (exact) mass is 540 g/mol. The molecule has 10 heteroatoms. The molecular formula is C28H52N4O6. The van der Waals surface area contributed by atoms with E-state index in [1.807, 2.05) is 55.4 Å². The molecule has 2 N–H and O–H groups in total. The minimum atomic E-state index is -0.884. The largest absolute Gasteiger partial charge is 0.467 e. The lowest BCUT2D eigenvalue weighted by atomic mass is 9.84. The molecule has 0 bridgehead atoms. The lowest BCUT2D eigenvalue weighted by Gasteiger charge is -2.38. The van der Waals surface area contributed by atoms with Gasteiger partial charge in [-0.2, -0.15) is 0 Å². The summed E-state index contributed by atoms with van der Waals surface area (Å²) in [6.45, 7) is 21.6. The van der Waals surface area contributed by atoms with Crippen molar-refractivity contribution in [2.75, 3.05) is 27.2 Å². The molecule has 1 fully saturated rings. The van der Waals surface area contributed by atoms with Gasteiger partial charge in [0.2, 0.25) is 5.91 Å². The Bertz CT molecular complexity index is 853. The Hall–Kier alpha value is -2.52. The molecule has 1 unspecified atom stereocenters. The predicted molar refractivity (Wildman–Crippen MR) is 147 cm³/mol. The van der Waals surface area contributed by atoms with E-state index in [0.29, 0.717) is 13.0 Å². The summed E-state index contributed by atoms with van der Waals surface area (Å²) in [6, 6.07) is -2.53. The number of nitrogens with zero attached hydrogens (tertiary/aromatic N) is 2. The van der Waals surface area contributed by atoms with Gasteiger partial charge in [0, 0.05) is 20.1 Å². The van der Waals surface area contributed by atoms with E-state index >= 15 is 0 Å². The van der Waals surface area contributed by atoms with Crippen LogP contribution in [0.25, 0.3) is 0 Å². The summed E-state index contributed by atoms with van der Waals surface area (Å²) in [7, 11) is 2.95. The number of rotatable bonds is 7. The number of methoxy groups -OCH3 is 1. The Balaban J connectivity index is 3.12. The van der Waals surface area contributed by atoms with Crippen molar-refractivity contribution in [2.24, 2.45) is 22.7 Å². The minimum Gasteiger partial charge on any atom is -0.467 e. The number of nitrogens with one attached hydrogen (secondary N) is 2. The number of urea groups is 1. The lowest BCUT2D eigenvalue weighted by Crippen LogP contribution is -2.61. The number of hydrogen-bond donors (Lipinski definition) is 2. The number of amides is 4. The van der Waals surface area contributed by atoms with Gasteiger partial charge in [-0.3, -0.25) is 4.79 Å². The molecule has 0 aromatic rings. The summed E-state index contributed by atoms with van der Waals surface area (Å²) < 4.78 is 10.5. The molecule has 0 spiro atoms. The number of ether oxygens (including phenoxy) is 2. The molecule has 38 heavy (non-hydrogen) atoms. The summed E-state index contributed by atoms with van der Waals surface area (Å²) in [5.74, 6) is -0.584. The van der Waals surface area contributed by atoms with Gasteiger partial charge in [0.25, 0.3) is 0 Å². The summed E-state index contributed by atoms with van der Waals surface area (Å²) in [4.78, 5) is 55.3. The highest BCUT2D eigenvalue weighted by molar-refractivity contribution is 5.91. The van der Waals surface area contributed by atoms with Crippen LogP contribution in [-0.4, -0.2) is 84.8 Å². The summed E-state index contributed by atoms with van der Waals surface area (Å²) in [5, 5.41) is 5.83. The molecule has 1 heterocycles. The Kier molecular flexibility index (Phi) is 11.1. The van der Waals surface area contributed by atoms with Crippen molar-refractivity contribution in [2.45, 2.75) is 106 Å². The second-order valence-electron chi connectivity index (χ2n) is 13.9. The molecule has 0 aliphatic carbocycles. The normalized spacial score (nSPS) is 20.0. The fourth-order valence-electron chi connectivity index (χ4n) is 4.55. The maximum atomic E-state index is 13.8. The van der Waals surface area contributed by atoms with Crippen molar-refractivity contribution in [3.8, 4) is 0 Å². The molecule has 220 valence electrons. The fourth-order valence-corrected chi connectivity index (χ4v) is 4.55. The number of carbonyl (C=O) groups excluding carboxylic acids is 4. The Morgan fingerprint density at radius 3 is 1.92 bits per heavy atom. The second-order valence-corrected chi connectivity index (χ2v) is 13.9. The maximum absolute atomic E-state index is 13.8. The van der Waals surface area contributed by atoms with Gasteiger partial charge in [0.15, 0.2) is 0 Å². The molecule has 1 rings (SSSR count). The lowest BCUT2D eigenvalue weighted by molar-refractivity contribution is -0.154. The zero-order chi connectivity index (χ0) is 29.8. The van der Waals surface area contributed by atoms with Crippen LogP contribution in [0.5, 0.6) is 0 Å². The van der Waals surface area contributed by atoms with Gasteiger partial charge in [-0.05, 0) is 49.9 Å². The number of hydrogen-bond acceptors (Lipinski definition) is 6. The average Bonchev–Trinajstić information content (AvgIpc) is 3.18. The molecular weight excluding hydrogens is 488 g/mol. The van der Waals surface area contributed by atoms with Crippen LogP contribution in [0.1, 0.15) is 82.6 Å². The van der Waals surface area contributed by atoms with Crippen LogP contribution in [0.4, 0.5) is 9.59 Å². The standard InChI is InChI=1S/C28H52N4O6/c1-17(2)18-14-15-32(20(18)23(34)37-13)22(33)21(27(6,7)8)30-24(35)29-19(26(3,4)5)16-31(12)25(36)38-28(9,10)11/h17-21H,14-16H2,1-13H3,(H2,29,30,35)/t18?,19-,20+,21-/m1/s1. The van der Waals surface area contributed by atoms with E-state index in [2.05, 4.69) is 10.6 Å². The van der Waals surface area contributed by atoms with Gasteiger partial charge < -0.3 is 29.9 Å². The first-order chi connectivity index (χ1) is 17.1. The average molecular weight is 541 g/mol.